The van der Waals surface area contributed by atoms with Crippen molar-refractivity contribution in [3.05, 3.63) is 47.9 Å². The Morgan fingerprint density at radius 3 is 2.79 bits per heavy atom. The molecule has 2 aromatic heterocycles. The van der Waals surface area contributed by atoms with Gasteiger partial charge in [-0.3, -0.25) is 0 Å². The molecule has 0 aliphatic heterocycles. The molecule has 0 aliphatic rings. The molecule has 92 valence electrons. The zero-order chi connectivity index (χ0) is 13.2. The maximum Gasteiger partial charge on any atom is 0.274 e. The van der Waals surface area contributed by atoms with E-state index in [0.29, 0.717) is 11.4 Å². The van der Waals surface area contributed by atoms with Crippen LogP contribution in [0.4, 0.5) is 4.39 Å². The Labute approximate surface area is 107 Å². The van der Waals surface area contributed by atoms with Crippen LogP contribution in [0.5, 0.6) is 0 Å². The lowest BCUT2D eigenvalue weighted by Gasteiger charge is -1.94. The van der Waals surface area contributed by atoms with Gasteiger partial charge in [0.15, 0.2) is 0 Å². The molecule has 0 amide bonds. The average molecular weight is 254 g/mol. The molecule has 0 radical (unpaired) electrons. The molecule has 6 heteroatoms. The topological polar surface area (TPSA) is 78.5 Å². The first kappa shape index (κ1) is 11.2. The van der Waals surface area contributed by atoms with Crippen LogP contribution in [0.1, 0.15) is 5.69 Å². The van der Waals surface area contributed by atoms with Crippen molar-refractivity contribution in [2.45, 2.75) is 0 Å². The number of H-pyrrole nitrogens is 1. The number of nitrogens with one attached hydrogen (secondary N) is 1. The SMILES string of the molecule is N#Cc1ccc(-c2nc(-c3ccccc3F)no2)[nH]1. The van der Waals surface area contributed by atoms with Gasteiger partial charge in [0.2, 0.25) is 5.82 Å². The first-order valence-corrected chi connectivity index (χ1v) is 5.46. The highest BCUT2D eigenvalue weighted by Gasteiger charge is 2.14. The fourth-order valence-corrected chi connectivity index (χ4v) is 1.67. The van der Waals surface area contributed by atoms with Gasteiger partial charge in [-0.2, -0.15) is 10.2 Å². The van der Waals surface area contributed by atoms with Gasteiger partial charge in [0.05, 0.1) is 5.56 Å². The summed E-state index contributed by atoms with van der Waals surface area (Å²) in [5.74, 6) is -0.0417. The van der Waals surface area contributed by atoms with Crippen molar-refractivity contribution in [3.63, 3.8) is 0 Å². The van der Waals surface area contributed by atoms with Gasteiger partial charge in [-0.15, -0.1) is 0 Å². The predicted octanol–water partition coefficient (Wildman–Crippen LogP) is 2.74. The first-order valence-electron chi connectivity index (χ1n) is 5.46. The number of halogens is 1. The Hall–Kier alpha value is -2.94. The van der Waals surface area contributed by atoms with Crippen LogP contribution >= 0.6 is 0 Å². The minimum atomic E-state index is -0.418. The fraction of sp³-hybridized carbons (Fsp3) is 0. The highest BCUT2D eigenvalue weighted by molar-refractivity contribution is 5.59. The van der Waals surface area contributed by atoms with Gasteiger partial charge in [-0.05, 0) is 24.3 Å². The van der Waals surface area contributed by atoms with Crippen LogP contribution in [0.3, 0.4) is 0 Å². The van der Waals surface area contributed by atoms with Crippen LogP contribution in [0, 0.1) is 17.1 Å². The molecular weight excluding hydrogens is 247 g/mol. The van der Waals surface area contributed by atoms with Gasteiger partial charge in [0, 0.05) is 0 Å². The van der Waals surface area contributed by atoms with Crippen molar-refractivity contribution < 1.29 is 8.91 Å². The van der Waals surface area contributed by atoms with Crippen molar-refractivity contribution in [1.82, 2.24) is 15.1 Å². The number of benzene rings is 1. The van der Waals surface area contributed by atoms with Crippen molar-refractivity contribution in [3.8, 4) is 29.0 Å². The standard InChI is InChI=1S/C13H7FN4O/c14-10-4-2-1-3-9(10)12-17-13(19-18-12)11-6-5-8(7-15)16-11/h1-6,16H. The summed E-state index contributed by atoms with van der Waals surface area (Å²) >= 11 is 0. The van der Waals surface area contributed by atoms with Crippen LogP contribution in [0.2, 0.25) is 0 Å². The molecule has 0 aliphatic carbocycles. The summed E-state index contributed by atoms with van der Waals surface area (Å²) in [4.78, 5) is 6.91. The molecule has 0 saturated heterocycles. The van der Waals surface area contributed by atoms with Crippen molar-refractivity contribution in [2.24, 2.45) is 0 Å². The molecule has 5 nitrogen and oxygen atoms in total. The molecule has 0 spiro atoms. The minimum Gasteiger partial charge on any atom is -0.342 e. The highest BCUT2D eigenvalue weighted by Crippen LogP contribution is 2.23. The lowest BCUT2D eigenvalue weighted by molar-refractivity contribution is 0.430. The summed E-state index contributed by atoms with van der Waals surface area (Å²) in [6.45, 7) is 0. The molecule has 0 bridgehead atoms. The van der Waals surface area contributed by atoms with Gasteiger partial charge in [-0.1, -0.05) is 17.3 Å². The summed E-state index contributed by atoms with van der Waals surface area (Å²) in [6.07, 6.45) is 0. The summed E-state index contributed by atoms with van der Waals surface area (Å²) in [6, 6.07) is 11.4. The minimum absolute atomic E-state index is 0.168. The molecule has 0 unspecified atom stereocenters. The molecule has 0 saturated carbocycles. The number of hydrogen-bond donors (Lipinski definition) is 1. The van der Waals surface area contributed by atoms with E-state index in [-0.39, 0.29) is 17.3 Å². The molecule has 1 N–H and O–H groups in total. The van der Waals surface area contributed by atoms with Crippen molar-refractivity contribution in [2.75, 3.05) is 0 Å². The molecule has 2 heterocycles. The number of nitrogens with zero attached hydrogens (tertiary/aromatic N) is 3. The van der Waals surface area contributed by atoms with E-state index in [1.807, 2.05) is 6.07 Å². The molecule has 0 atom stereocenters. The maximum atomic E-state index is 13.6. The first-order chi connectivity index (χ1) is 9.28. The van der Waals surface area contributed by atoms with E-state index < -0.39 is 5.82 Å². The summed E-state index contributed by atoms with van der Waals surface area (Å²) in [5, 5.41) is 12.4. The maximum absolute atomic E-state index is 13.6. The monoisotopic (exact) mass is 254 g/mol. The second-order valence-electron chi connectivity index (χ2n) is 3.80. The third-order valence-electron chi connectivity index (χ3n) is 2.58. The molecule has 1 aromatic carbocycles. The van der Waals surface area contributed by atoms with Crippen LogP contribution in [-0.4, -0.2) is 15.1 Å². The fourth-order valence-electron chi connectivity index (χ4n) is 1.67. The quantitative estimate of drug-likeness (QED) is 0.762. The average Bonchev–Trinajstić information content (AvgIpc) is 3.08. The van der Waals surface area contributed by atoms with Gasteiger partial charge in [0.25, 0.3) is 5.89 Å². The summed E-state index contributed by atoms with van der Waals surface area (Å²) in [5.41, 5.74) is 1.18. The van der Waals surface area contributed by atoms with Crippen LogP contribution in [0.25, 0.3) is 23.0 Å². The van der Waals surface area contributed by atoms with E-state index in [9.17, 15) is 4.39 Å². The lowest BCUT2D eigenvalue weighted by Crippen LogP contribution is -1.85. The Bertz CT molecular complexity index is 769. The van der Waals surface area contributed by atoms with Gasteiger partial charge in [-0.25, -0.2) is 4.39 Å². The third kappa shape index (κ3) is 1.98. The largest absolute Gasteiger partial charge is 0.342 e. The zero-order valence-corrected chi connectivity index (χ0v) is 9.59. The summed E-state index contributed by atoms with van der Waals surface area (Å²) < 4.78 is 18.6. The van der Waals surface area contributed by atoms with Gasteiger partial charge in [0.1, 0.15) is 23.3 Å². The Morgan fingerprint density at radius 2 is 2.05 bits per heavy atom. The van der Waals surface area contributed by atoms with Crippen molar-refractivity contribution in [1.29, 1.82) is 5.26 Å². The highest BCUT2D eigenvalue weighted by atomic mass is 19.1. The van der Waals surface area contributed by atoms with Crippen LogP contribution < -0.4 is 0 Å². The van der Waals surface area contributed by atoms with E-state index in [0.717, 1.165) is 0 Å². The Morgan fingerprint density at radius 1 is 1.21 bits per heavy atom. The lowest BCUT2D eigenvalue weighted by atomic mass is 10.2. The Balaban J connectivity index is 2.00. The molecular formula is C13H7FN4O. The van der Waals surface area contributed by atoms with Gasteiger partial charge >= 0.3 is 0 Å². The normalized spacial score (nSPS) is 10.3. The number of aromatic nitrogens is 3. The molecule has 19 heavy (non-hydrogen) atoms. The predicted molar refractivity (Wildman–Crippen MR) is 64.2 cm³/mol. The molecule has 0 fully saturated rings. The number of nitriles is 1. The van der Waals surface area contributed by atoms with E-state index >= 15 is 0 Å². The van der Waals surface area contributed by atoms with Crippen LogP contribution in [-0.2, 0) is 0 Å². The van der Waals surface area contributed by atoms with Crippen molar-refractivity contribution >= 4 is 0 Å². The second-order valence-corrected chi connectivity index (χ2v) is 3.80. The molecule has 3 rings (SSSR count). The third-order valence-corrected chi connectivity index (χ3v) is 2.58. The van der Waals surface area contributed by atoms with Gasteiger partial charge < -0.3 is 9.51 Å². The van der Waals surface area contributed by atoms with E-state index in [2.05, 4.69) is 15.1 Å². The summed E-state index contributed by atoms with van der Waals surface area (Å²) in [7, 11) is 0. The zero-order valence-electron chi connectivity index (χ0n) is 9.59. The Kier molecular flexibility index (Phi) is 2.58. The van der Waals surface area contributed by atoms with E-state index in [4.69, 9.17) is 9.78 Å². The number of hydrogen-bond acceptors (Lipinski definition) is 4. The second kappa shape index (κ2) is 4.38. The smallest absolute Gasteiger partial charge is 0.274 e. The van der Waals surface area contributed by atoms with E-state index in [1.54, 1.807) is 30.3 Å². The van der Waals surface area contributed by atoms with E-state index in [1.165, 1.54) is 6.07 Å². The van der Waals surface area contributed by atoms with Crippen LogP contribution in [0.15, 0.2) is 40.9 Å². The number of aromatic amines is 1. The number of rotatable bonds is 2. The molecule has 3 aromatic rings.